The van der Waals surface area contributed by atoms with Crippen LogP contribution in [0.1, 0.15) is 21.9 Å². The van der Waals surface area contributed by atoms with E-state index in [0.717, 1.165) is 25.1 Å². The number of thiazole rings is 1. The van der Waals surface area contributed by atoms with Crippen molar-refractivity contribution in [3.63, 3.8) is 0 Å². The molecule has 0 bridgehead atoms. The number of carbonyl (C=O) groups excluding carboxylic acids is 1. The van der Waals surface area contributed by atoms with Crippen LogP contribution in [0, 0.1) is 0 Å². The summed E-state index contributed by atoms with van der Waals surface area (Å²) in [5, 5.41) is 9.33. The Kier molecular flexibility index (Phi) is 2.60. The van der Waals surface area contributed by atoms with Crippen LogP contribution in [0.5, 0.6) is 0 Å². The molecule has 3 heterocycles. The third kappa shape index (κ3) is 2.05. The van der Waals surface area contributed by atoms with Crippen LogP contribution in [0.4, 0.5) is 5.82 Å². The summed E-state index contributed by atoms with van der Waals surface area (Å²) in [6.45, 7) is 0.925. The Bertz CT molecular complexity index is 555. The van der Waals surface area contributed by atoms with Crippen molar-refractivity contribution >= 4 is 34.7 Å². The summed E-state index contributed by atoms with van der Waals surface area (Å²) in [5.41, 5.74) is 1.16. The molecule has 88 valence electrons. The van der Waals surface area contributed by atoms with Crippen LogP contribution in [0.25, 0.3) is 0 Å². The quantitative estimate of drug-likeness (QED) is 0.908. The van der Waals surface area contributed by atoms with Gasteiger partial charge in [-0.15, -0.1) is 11.3 Å². The fourth-order valence-electron chi connectivity index (χ4n) is 1.85. The maximum absolute atomic E-state index is 11.8. The van der Waals surface area contributed by atoms with Gasteiger partial charge in [-0.1, -0.05) is 11.6 Å². The first kappa shape index (κ1) is 10.7. The Morgan fingerprint density at radius 3 is 3.18 bits per heavy atom. The molecule has 0 aromatic carbocycles. The molecule has 1 aliphatic heterocycles. The molecule has 0 atom stereocenters. The smallest absolute Gasteiger partial charge is 0.285 e. The third-order valence-electron chi connectivity index (χ3n) is 2.58. The predicted octanol–water partition coefficient (Wildman–Crippen LogP) is 2.19. The molecule has 0 spiro atoms. The van der Waals surface area contributed by atoms with E-state index in [1.165, 1.54) is 11.3 Å². The zero-order valence-corrected chi connectivity index (χ0v) is 10.4. The number of aryl methyl sites for hydroxylation is 2. The van der Waals surface area contributed by atoms with Gasteiger partial charge in [0, 0.05) is 23.7 Å². The molecule has 1 aliphatic rings. The van der Waals surface area contributed by atoms with Crippen molar-refractivity contribution in [2.45, 2.75) is 19.4 Å². The van der Waals surface area contributed by atoms with Gasteiger partial charge in [-0.05, 0) is 12.8 Å². The summed E-state index contributed by atoms with van der Waals surface area (Å²) in [7, 11) is 0. The fourth-order valence-corrected chi connectivity index (χ4v) is 2.69. The minimum atomic E-state index is -0.265. The molecule has 1 N–H and O–H groups in total. The molecule has 0 saturated heterocycles. The summed E-state index contributed by atoms with van der Waals surface area (Å²) in [5.74, 6) is 0.315. The topological polar surface area (TPSA) is 59.8 Å². The summed E-state index contributed by atoms with van der Waals surface area (Å²) < 4.78 is 1.92. The number of anilines is 1. The van der Waals surface area contributed by atoms with Crippen molar-refractivity contribution in [1.29, 1.82) is 0 Å². The van der Waals surface area contributed by atoms with Crippen molar-refractivity contribution in [3.8, 4) is 0 Å². The largest absolute Gasteiger partial charge is 0.303 e. The maximum Gasteiger partial charge on any atom is 0.285 e. The van der Waals surface area contributed by atoms with Gasteiger partial charge in [0.15, 0.2) is 10.8 Å². The minimum Gasteiger partial charge on any atom is -0.303 e. The van der Waals surface area contributed by atoms with Crippen LogP contribution in [0.2, 0.25) is 5.15 Å². The lowest BCUT2D eigenvalue weighted by atomic mass is 10.3. The van der Waals surface area contributed by atoms with E-state index in [9.17, 15) is 4.79 Å². The molecule has 2 aromatic rings. The van der Waals surface area contributed by atoms with Crippen molar-refractivity contribution in [2.75, 3.05) is 5.32 Å². The second-order valence-electron chi connectivity index (χ2n) is 3.78. The van der Waals surface area contributed by atoms with E-state index >= 15 is 0 Å². The molecule has 0 aliphatic carbocycles. The standard InChI is InChI=1S/C10H9ClN4OS/c11-7-5-17-10(12-7)9(16)13-8-4-6-2-1-3-15(6)14-8/h4-5H,1-3H2,(H,13,14,16). The maximum atomic E-state index is 11.8. The molecule has 7 heteroatoms. The highest BCUT2D eigenvalue weighted by molar-refractivity contribution is 7.12. The normalized spacial score (nSPS) is 13.7. The van der Waals surface area contributed by atoms with Gasteiger partial charge in [0.2, 0.25) is 0 Å². The number of aromatic nitrogens is 3. The number of nitrogens with zero attached hydrogens (tertiary/aromatic N) is 3. The van der Waals surface area contributed by atoms with Crippen molar-refractivity contribution in [3.05, 3.63) is 27.3 Å². The number of nitrogens with one attached hydrogen (secondary N) is 1. The second kappa shape index (κ2) is 4.12. The molecule has 2 aromatic heterocycles. The fraction of sp³-hybridized carbons (Fsp3) is 0.300. The van der Waals surface area contributed by atoms with Crippen LogP contribution in [0.15, 0.2) is 11.4 Å². The number of fused-ring (bicyclic) bond motifs is 1. The lowest BCUT2D eigenvalue weighted by Gasteiger charge is -1.97. The monoisotopic (exact) mass is 268 g/mol. The van der Waals surface area contributed by atoms with Gasteiger partial charge >= 0.3 is 0 Å². The van der Waals surface area contributed by atoms with Gasteiger partial charge in [0.05, 0.1) is 0 Å². The Labute approximate surface area is 106 Å². The molecule has 0 fully saturated rings. The van der Waals surface area contributed by atoms with Gasteiger partial charge in [0.1, 0.15) is 5.15 Å². The third-order valence-corrected chi connectivity index (χ3v) is 3.74. The number of halogens is 1. The SMILES string of the molecule is O=C(Nc1cc2n(n1)CCC2)c1nc(Cl)cs1. The van der Waals surface area contributed by atoms with E-state index in [0.29, 0.717) is 16.0 Å². The first-order valence-electron chi connectivity index (χ1n) is 5.21. The minimum absolute atomic E-state index is 0.265. The van der Waals surface area contributed by atoms with E-state index in [1.807, 2.05) is 10.7 Å². The Balaban J connectivity index is 1.76. The van der Waals surface area contributed by atoms with E-state index < -0.39 is 0 Å². The van der Waals surface area contributed by atoms with Gasteiger partial charge in [-0.2, -0.15) is 5.10 Å². The Morgan fingerprint density at radius 1 is 1.59 bits per heavy atom. The summed E-state index contributed by atoms with van der Waals surface area (Å²) in [6.07, 6.45) is 2.14. The zero-order valence-electron chi connectivity index (χ0n) is 8.81. The molecule has 0 radical (unpaired) electrons. The number of carbonyl (C=O) groups is 1. The van der Waals surface area contributed by atoms with Crippen LogP contribution < -0.4 is 5.32 Å². The molecular formula is C10H9ClN4OS. The van der Waals surface area contributed by atoms with Crippen molar-refractivity contribution < 1.29 is 4.79 Å². The number of amides is 1. The Morgan fingerprint density at radius 2 is 2.47 bits per heavy atom. The van der Waals surface area contributed by atoms with Crippen molar-refractivity contribution in [2.24, 2.45) is 0 Å². The molecule has 0 unspecified atom stereocenters. The van der Waals surface area contributed by atoms with Gasteiger partial charge in [0.25, 0.3) is 5.91 Å². The molecular weight excluding hydrogens is 260 g/mol. The Hall–Kier alpha value is -1.40. The van der Waals surface area contributed by atoms with Crippen LogP contribution >= 0.6 is 22.9 Å². The first-order chi connectivity index (χ1) is 8.22. The average molecular weight is 269 g/mol. The van der Waals surface area contributed by atoms with Gasteiger partial charge < -0.3 is 5.32 Å². The second-order valence-corrected chi connectivity index (χ2v) is 5.02. The summed E-state index contributed by atoms with van der Waals surface area (Å²) in [6, 6.07) is 1.90. The van der Waals surface area contributed by atoms with Gasteiger partial charge in [-0.25, -0.2) is 4.98 Å². The molecule has 3 rings (SSSR count). The van der Waals surface area contributed by atoms with E-state index in [2.05, 4.69) is 15.4 Å². The molecule has 17 heavy (non-hydrogen) atoms. The highest BCUT2D eigenvalue weighted by atomic mass is 35.5. The van der Waals surface area contributed by atoms with Crippen LogP contribution in [-0.4, -0.2) is 20.7 Å². The summed E-state index contributed by atoms with van der Waals surface area (Å²) in [4.78, 5) is 15.7. The zero-order chi connectivity index (χ0) is 11.8. The first-order valence-corrected chi connectivity index (χ1v) is 6.47. The van der Waals surface area contributed by atoms with Crippen molar-refractivity contribution in [1.82, 2.24) is 14.8 Å². The number of rotatable bonds is 2. The number of hydrogen-bond donors (Lipinski definition) is 1. The molecule has 5 nitrogen and oxygen atoms in total. The highest BCUT2D eigenvalue weighted by Crippen LogP contribution is 2.19. The average Bonchev–Trinajstić information content (AvgIpc) is 2.92. The van der Waals surface area contributed by atoms with Gasteiger partial charge in [-0.3, -0.25) is 9.48 Å². The van der Waals surface area contributed by atoms with E-state index in [1.54, 1.807) is 5.38 Å². The van der Waals surface area contributed by atoms with E-state index in [-0.39, 0.29) is 5.91 Å². The lowest BCUT2D eigenvalue weighted by molar-refractivity contribution is 0.102. The van der Waals surface area contributed by atoms with Crippen LogP contribution in [0.3, 0.4) is 0 Å². The highest BCUT2D eigenvalue weighted by Gasteiger charge is 2.16. The van der Waals surface area contributed by atoms with E-state index in [4.69, 9.17) is 11.6 Å². The number of hydrogen-bond acceptors (Lipinski definition) is 4. The molecule has 0 saturated carbocycles. The van der Waals surface area contributed by atoms with Crippen LogP contribution in [-0.2, 0) is 13.0 Å². The molecule has 1 amide bonds. The summed E-state index contributed by atoms with van der Waals surface area (Å²) >= 11 is 6.89. The predicted molar refractivity (Wildman–Crippen MR) is 65.6 cm³/mol. The lowest BCUT2D eigenvalue weighted by Crippen LogP contribution is -2.12.